The van der Waals surface area contributed by atoms with E-state index in [-0.39, 0.29) is 0 Å². The lowest BCUT2D eigenvalue weighted by Crippen LogP contribution is -1.98. The van der Waals surface area contributed by atoms with Crippen LogP contribution in [0.1, 0.15) is 253 Å². The summed E-state index contributed by atoms with van der Waals surface area (Å²) in [6.45, 7) is 12.2. The molecule has 42 heavy (non-hydrogen) atoms. The molecular weight excluding hydrogens is 504 g/mol. The summed E-state index contributed by atoms with van der Waals surface area (Å²) in [5.74, 6) is 2.86. The van der Waals surface area contributed by atoms with Gasteiger partial charge in [0.15, 0.2) is 0 Å². The quantitative estimate of drug-likeness (QED) is 0.0637. The summed E-state index contributed by atoms with van der Waals surface area (Å²) in [7, 11) is 0. The van der Waals surface area contributed by atoms with E-state index in [1.807, 2.05) is 0 Å². The molecular formula is C42H86. The number of unbranched alkanes of at least 4 members (excludes halogenated alkanes) is 24. The van der Waals surface area contributed by atoms with Gasteiger partial charge in [0.2, 0.25) is 0 Å². The van der Waals surface area contributed by atoms with Crippen molar-refractivity contribution < 1.29 is 0 Å². The zero-order valence-corrected chi connectivity index (χ0v) is 30.8. The fourth-order valence-electron chi connectivity index (χ4n) is 7.07. The van der Waals surface area contributed by atoms with Crippen LogP contribution >= 0.6 is 0 Å². The molecule has 0 fully saturated rings. The van der Waals surface area contributed by atoms with Crippen molar-refractivity contribution >= 4 is 0 Å². The largest absolute Gasteiger partial charge is 0.0654 e. The normalized spacial score (nSPS) is 13.9. The molecule has 0 nitrogen and oxygen atoms in total. The average Bonchev–Trinajstić information content (AvgIpc) is 2.98. The van der Waals surface area contributed by atoms with Gasteiger partial charge in [-0.2, -0.15) is 0 Å². The van der Waals surface area contributed by atoms with E-state index >= 15 is 0 Å². The predicted octanol–water partition coefficient (Wildman–Crippen LogP) is 16.2. The molecule has 0 rings (SSSR count). The molecule has 0 spiro atoms. The lowest BCUT2D eigenvalue weighted by molar-refractivity contribution is 0.398. The molecule has 0 heterocycles. The maximum atomic E-state index is 2.52. The average molecular weight is 591 g/mol. The third kappa shape index (κ3) is 34.5. The van der Waals surface area contributed by atoms with Gasteiger partial charge in [-0.05, 0) is 17.8 Å². The second-order valence-electron chi connectivity index (χ2n) is 15.2. The summed E-state index contributed by atoms with van der Waals surface area (Å²) in [4.78, 5) is 0. The first-order chi connectivity index (χ1) is 20.6. The highest BCUT2D eigenvalue weighted by Crippen LogP contribution is 2.23. The van der Waals surface area contributed by atoms with Gasteiger partial charge in [0, 0.05) is 0 Å². The van der Waals surface area contributed by atoms with Gasteiger partial charge in [-0.3, -0.25) is 0 Å². The maximum absolute atomic E-state index is 2.52. The summed E-state index contributed by atoms with van der Waals surface area (Å²) in [6, 6.07) is 0. The Morgan fingerprint density at radius 1 is 0.214 bits per heavy atom. The molecule has 0 aromatic carbocycles. The zero-order valence-electron chi connectivity index (χ0n) is 30.8. The van der Waals surface area contributed by atoms with Crippen LogP contribution in [0.3, 0.4) is 0 Å². The Hall–Kier alpha value is 0. The van der Waals surface area contributed by atoms with Gasteiger partial charge in [-0.15, -0.1) is 0 Å². The van der Waals surface area contributed by atoms with Crippen LogP contribution < -0.4 is 0 Å². The van der Waals surface area contributed by atoms with Crippen molar-refractivity contribution in [1.82, 2.24) is 0 Å². The van der Waals surface area contributed by atoms with E-state index in [1.165, 1.54) is 218 Å². The van der Waals surface area contributed by atoms with Gasteiger partial charge < -0.3 is 0 Å². The Morgan fingerprint density at radius 2 is 0.357 bits per heavy atom. The molecule has 0 bridgehead atoms. The zero-order chi connectivity index (χ0) is 30.8. The Labute approximate surface area is 270 Å². The molecule has 0 amide bonds. The molecule has 0 N–H and O–H groups in total. The SMILES string of the molecule is CCCCCCCCCCCCCCC(C)CCCCCC(C)CCCCCC(C)CCCCCCCCCCCC. The van der Waals surface area contributed by atoms with Crippen LogP contribution in [-0.2, 0) is 0 Å². The smallest absolute Gasteiger partial charge is 0.0443 e. The van der Waals surface area contributed by atoms with Gasteiger partial charge in [0.25, 0.3) is 0 Å². The van der Waals surface area contributed by atoms with E-state index in [0.717, 1.165) is 17.8 Å². The van der Waals surface area contributed by atoms with E-state index in [9.17, 15) is 0 Å². The first kappa shape index (κ1) is 42.0. The van der Waals surface area contributed by atoms with Crippen LogP contribution in [0.2, 0.25) is 0 Å². The van der Waals surface area contributed by atoms with Crippen LogP contribution in [0, 0.1) is 17.8 Å². The molecule has 0 radical (unpaired) electrons. The highest BCUT2D eigenvalue weighted by molar-refractivity contribution is 4.60. The van der Waals surface area contributed by atoms with E-state index in [4.69, 9.17) is 0 Å². The van der Waals surface area contributed by atoms with Crippen LogP contribution in [0.15, 0.2) is 0 Å². The highest BCUT2D eigenvalue weighted by Gasteiger charge is 2.06. The molecule has 0 aliphatic heterocycles. The van der Waals surface area contributed by atoms with Crippen molar-refractivity contribution in [3.05, 3.63) is 0 Å². The molecule has 0 aliphatic carbocycles. The minimum absolute atomic E-state index is 0.951. The lowest BCUT2D eigenvalue weighted by atomic mass is 9.92. The van der Waals surface area contributed by atoms with Crippen molar-refractivity contribution in [2.24, 2.45) is 17.8 Å². The molecule has 0 aliphatic rings. The third-order valence-electron chi connectivity index (χ3n) is 10.4. The summed E-state index contributed by atoms with van der Waals surface area (Å²) >= 11 is 0. The van der Waals surface area contributed by atoms with Gasteiger partial charge in [-0.25, -0.2) is 0 Å². The van der Waals surface area contributed by atoms with Crippen molar-refractivity contribution in [2.45, 2.75) is 253 Å². The summed E-state index contributed by atoms with van der Waals surface area (Å²) in [5, 5.41) is 0. The van der Waals surface area contributed by atoms with Crippen LogP contribution in [0.25, 0.3) is 0 Å². The molecule has 254 valence electrons. The van der Waals surface area contributed by atoms with Gasteiger partial charge >= 0.3 is 0 Å². The van der Waals surface area contributed by atoms with E-state index in [1.54, 1.807) is 0 Å². The number of hydrogen-bond donors (Lipinski definition) is 0. The first-order valence-corrected chi connectivity index (χ1v) is 20.6. The van der Waals surface area contributed by atoms with Gasteiger partial charge in [-0.1, -0.05) is 253 Å². The molecule has 3 atom stereocenters. The molecule has 0 aromatic heterocycles. The Kier molecular flexibility index (Phi) is 35.5. The summed E-state index contributed by atoms with van der Waals surface area (Å²) < 4.78 is 0. The lowest BCUT2D eigenvalue weighted by Gasteiger charge is -2.14. The van der Waals surface area contributed by atoms with Crippen LogP contribution in [0.4, 0.5) is 0 Å². The number of rotatable bonds is 36. The van der Waals surface area contributed by atoms with Crippen molar-refractivity contribution in [2.75, 3.05) is 0 Å². The minimum atomic E-state index is 0.951. The Balaban J connectivity index is 3.34. The number of hydrogen-bond acceptors (Lipinski definition) is 0. The monoisotopic (exact) mass is 591 g/mol. The van der Waals surface area contributed by atoms with Crippen LogP contribution in [-0.4, -0.2) is 0 Å². The highest BCUT2D eigenvalue weighted by atomic mass is 14.1. The van der Waals surface area contributed by atoms with Crippen molar-refractivity contribution in [1.29, 1.82) is 0 Å². The fourth-order valence-corrected chi connectivity index (χ4v) is 7.07. The second kappa shape index (κ2) is 35.5. The molecule has 0 heteroatoms. The third-order valence-corrected chi connectivity index (χ3v) is 10.4. The maximum Gasteiger partial charge on any atom is -0.0443 e. The van der Waals surface area contributed by atoms with Crippen molar-refractivity contribution in [3.63, 3.8) is 0 Å². The van der Waals surface area contributed by atoms with E-state index in [0.29, 0.717) is 0 Å². The Bertz CT molecular complexity index is 467. The fraction of sp³-hybridized carbons (Fsp3) is 1.00. The van der Waals surface area contributed by atoms with E-state index < -0.39 is 0 Å². The van der Waals surface area contributed by atoms with Gasteiger partial charge in [0.05, 0.1) is 0 Å². The second-order valence-corrected chi connectivity index (χ2v) is 15.2. The first-order valence-electron chi connectivity index (χ1n) is 20.6. The molecule has 0 saturated carbocycles. The van der Waals surface area contributed by atoms with Crippen molar-refractivity contribution in [3.8, 4) is 0 Å². The summed E-state index contributed by atoms with van der Waals surface area (Å²) in [6.07, 6.45) is 50.0. The molecule has 3 unspecified atom stereocenters. The van der Waals surface area contributed by atoms with Gasteiger partial charge in [0.1, 0.15) is 0 Å². The van der Waals surface area contributed by atoms with Crippen LogP contribution in [0.5, 0.6) is 0 Å². The molecule has 0 saturated heterocycles. The topological polar surface area (TPSA) is 0 Å². The van der Waals surface area contributed by atoms with E-state index in [2.05, 4.69) is 34.6 Å². The standard InChI is InChI=1S/C42H86/c1-6-8-10-12-14-16-18-19-21-23-25-29-35-41(4)37-31-27-33-39-42(5)38-32-26-30-36-40(3)34-28-24-22-20-17-15-13-11-9-7-2/h40-42H,6-39H2,1-5H3. The summed E-state index contributed by atoms with van der Waals surface area (Å²) in [5.41, 5.74) is 0. The minimum Gasteiger partial charge on any atom is -0.0654 e. The molecule has 0 aromatic rings. The predicted molar refractivity (Wildman–Crippen MR) is 196 cm³/mol. The Morgan fingerprint density at radius 3 is 0.548 bits per heavy atom.